The molecule has 0 bridgehead atoms. The molecule has 2 unspecified atom stereocenters. The first kappa shape index (κ1) is 15.8. The first-order chi connectivity index (χ1) is 9.60. The van der Waals surface area contributed by atoms with E-state index in [0.29, 0.717) is 12.1 Å². The van der Waals surface area contributed by atoms with Gasteiger partial charge in [-0.15, -0.1) is 11.3 Å². The van der Waals surface area contributed by atoms with Gasteiger partial charge in [-0.05, 0) is 43.2 Å². The van der Waals surface area contributed by atoms with Gasteiger partial charge in [-0.25, -0.2) is 0 Å². The highest BCUT2D eigenvalue weighted by Crippen LogP contribution is 2.30. The van der Waals surface area contributed by atoms with Gasteiger partial charge in [-0.2, -0.15) is 0 Å². The molecule has 0 aliphatic heterocycles. The van der Waals surface area contributed by atoms with E-state index in [9.17, 15) is 0 Å². The average Bonchev–Trinajstić information content (AvgIpc) is 2.86. The molecule has 0 saturated carbocycles. The summed E-state index contributed by atoms with van der Waals surface area (Å²) in [7, 11) is 0. The zero-order valence-corrected chi connectivity index (χ0v) is 14.0. The SMILES string of the molecule is CCCC(NC(C)c1ccc(Cl)s1)c1ccc(Cl)cc1. The van der Waals surface area contributed by atoms with E-state index in [2.05, 4.69) is 37.4 Å². The van der Waals surface area contributed by atoms with Crippen LogP contribution in [0.2, 0.25) is 9.36 Å². The van der Waals surface area contributed by atoms with Gasteiger partial charge in [-0.1, -0.05) is 48.7 Å². The van der Waals surface area contributed by atoms with Gasteiger partial charge in [0.25, 0.3) is 0 Å². The van der Waals surface area contributed by atoms with Gasteiger partial charge in [0.2, 0.25) is 0 Å². The molecule has 2 aromatic rings. The zero-order chi connectivity index (χ0) is 14.5. The van der Waals surface area contributed by atoms with Gasteiger partial charge in [0.1, 0.15) is 0 Å². The maximum Gasteiger partial charge on any atom is 0.0931 e. The Balaban J connectivity index is 2.10. The minimum Gasteiger partial charge on any atom is -0.303 e. The smallest absolute Gasteiger partial charge is 0.0931 e. The van der Waals surface area contributed by atoms with Crippen molar-refractivity contribution in [3.05, 3.63) is 56.2 Å². The quantitative estimate of drug-likeness (QED) is 0.661. The highest BCUT2D eigenvalue weighted by Gasteiger charge is 2.16. The molecule has 0 fully saturated rings. The monoisotopic (exact) mass is 327 g/mol. The fourth-order valence-corrected chi connectivity index (χ4v) is 3.47. The van der Waals surface area contributed by atoms with Gasteiger partial charge >= 0.3 is 0 Å². The van der Waals surface area contributed by atoms with Crippen LogP contribution in [0.15, 0.2) is 36.4 Å². The average molecular weight is 328 g/mol. The Morgan fingerprint density at radius 1 is 1.10 bits per heavy atom. The summed E-state index contributed by atoms with van der Waals surface area (Å²) < 4.78 is 0.840. The molecule has 1 N–H and O–H groups in total. The van der Waals surface area contributed by atoms with Crippen LogP contribution in [0.4, 0.5) is 0 Å². The number of hydrogen-bond donors (Lipinski definition) is 1. The number of rotatable bonds is 6. The first-order valence-electron chi connectivity index (χ1n) is 6.87. The van der Waals surface area contributed by atoms with Gasteiger partial charge in [0.15, 0.2) is 0 Å². The van der Waals surface area contributed by atoms with Crippen molar-refractivity contribution in [2.75, 3.05) is 0 Å². The van der Waals surface area contributed by atoms with E-state index in [0.717, 1.165) is 22.2 Å². The normalized spacial score (nSPS) is 14.2. The van der Waals surface area contributed by atoms with Gasteiger partial charge in [0, 0.05) is 22.0 Å². The number of thiophene rings is 1. The van der Waals surface area contributed by atoms with E-state index in [1.807, 2.05) is 18.2 Å². The minimum absolute atomic E-state index is 0.291. The van der Waals surface area contributed by atoms with Crippen LogP contribution in [0.25, 0.3) is 0 Å². The van der Waals surface area contributed by atoms with Crippen molar-refractivity contribution in [3.8, 4) is 0 Å². The van der Waals surface area contributed by atoms with Gasteiger partial charge < -0.3 is 5.32 Å². The van der Waals surface area contributed by atoms with Crippen molar-refractivity contribution in [1.82, 2.24) is 5.32 Å². The Hall–Kier alpha value is -0.540. The third-order valence-corrected chi connectivity index (χ3v) is 4.99. The lowest BCUT2D eigenvalue weighted by Gasteiger charge is -2.23. The van der Waals surface area contributed by atoms with Crippen LogP contribution in [0.5, 0.6) is 0 Å². The summed E-state index contributed by atoms with van der Waals surface area (Å²) >= 11 is 13.6. The third-order valence-electron chi connectivity index (χ3n) is 3.32. The molecule has 20 heavy (non-hydrogen) atoms. The molecule has 0 spiro atoms. The Kier molecular flexibility index (Phi) is 5.91. The molecule has 1 nitrogen and oxygen atoms in total. The molecule has 0 amide bonds. The predicted molar refractivity (Wildman–Crippen MR) is 90.0 cm³/mol. The third kappa shape index (κ3) is 4.23. The Morgan fingerprint density at radius 2 is 1.80 bits per heavy atom. The summed E-state index contributed by atoms with van der Waals surface area (Å²) in [5.41, 5.74) is 1.28. The van der Waals surface area contributed by atoms with E-state index in [1.54, 1.807) is 11.3 Å². The lowest BCUT2D eigenvalue weighted by atomic mass is 10.0. The summed E-state index contributed by atoms with van der Waals surface area (Å²) in [6, 6.07) is 12.8. The summed E-state index contributed by atoms with van der Waals surface area (Å²) in [4.78, 5) is 1.27. The molecule has 0 radical (unpaired) electrons. The molecule has 1 aromatic carbocycles. The van der Waals surface area contributed by atoms with E-state index in [1.165, 1.54) is 10.4 Å². The lowest BCUT2D eigenvalue weighted by molar-refractivity contribution is 0.443. The molecular weight excluding hydrogens is 309 g/mol. The predicted octanol–water partition coefficient (Wildman–Crippen LogP) is 6.25. The maximum absolute atomic E-state index is 6.01. The molecule has 0 aliphatic rings. The number of benzene rings is 1. The topological polar surface area (TPSA) is 12.0 Å². The Morgan fingerprint density at radius 3 is 2.35 bits per heavy atom. The number of halogens is 2. The largest absolute Gasteiger partial charge is 0.303 e. The van der Waals surface area contributed by atoms with Gasteiger partial charge in [-0.3, -0.25) is 0 Å². The molecule has 108 valence electrons. The zero-order valence-electron chi connectivity index (χ0n) is 11.7. The molecule has 1 aromatic heterocycles. The Bertz CT molecular complexity index is 536. The lowest BCUT2D eigenvalue weighted by Crippen LogP contribution is -2.24. The molecule has 0 saturated heterocycles. The van der Waals surface area contributed by atoms with Crippen LogP contribution < -0.4 is 5.32 Å². The molecule has 2 rings (SSSR count). The second-order valence-electron chi connectivity index (χ2n) is 4.92. The summed E-state index contributed by atoms with van der Waals surface area (Å²) in [6.45, 7) is 4.39. The molecule has 2 atom stereocenters. The second-order valence-corrected chi connectivity index (χ2v) is 7.11. The fraction of sp³-hybridized carbons (Fsp3) is 0.375. The number of nitrogens with one attached hydrogen (secondary N) is 1. The van der Waals surface area contributed by atoms with Crippen molar-refractivity contribution in [1.29, 1.82) is 0 Å². The highest BCUT2D eigenvalue weighted by molar-refractivity contribution is 7.16. The van der Waals surface area contributed by atoms with Crippen molar-refractivity contribution in [3.63, 3.8) is 0 Å². The summed E-state index contributed by atoms with van der Waals surface area (Å²) in [6.07, 6.45) is 2.24. The molecule has 1 heterocycles. The van der Waals surface area contributed by atoms with E-state index in [4.69, 9.17) is 23.2 Å². The van der Waals surface area contributed by atoms with Crippen molar-refractivity contribution in [2.24, 2.45) is 0 Å². The maximum atomic E-state index is 6.01. The van der Waals surface area contributed by atoms with Crippen molar-refractivity contribution < 1.29 is 0 Å². The van der Waals surface area contributed by atoms with E-state index < -0.39 is 0 Å². The van der Waals surface area contributed by atoms with Crippen LogP contribution in [0.1, 0.15) is 49.2 Å². The molecule has 0 aliphatic carbocycles. The van der Waals surface area contributed by atoms with Crippen LogP contribution in [0.3, 0.4) is 0 Å². The minimum atomic E-state index is 0.291. The molecule has 4 heteroatoms. The van der Waals surface area contributed by atoms with Crippen molar-refractivity contribution in [2.45, 2.75) is 38.8 Å². The van der Waals surface area contributed by atoms with Gasteiger partial charge in [0.05, 0.1) is 4.34 Å². The summed E-state index contributed by atoms with van der Waals surface area (Å²) in [5.74, 6) is 0. The number of hydrogen-bond acceptors (Lipinski definition) is 2. The first-order valence-corrected chi connectivity index (χ1v) is 8.44. The second kappa shape index (κ2) is 7.46. The van der Waals surface area contributed by atoms with E-state index in [-0.39, 0.29) is 0 Å². The van der Waals surface area contributed by atoms with E-state index >= 15 is 0 Å². The van der Waals surface area contributed by atoms with Crippen LogP contribution in [-0.4, -0.2) is 0 Å². The van der Waals surface area contributed by atoms with Crippen LogP contribution in [0, 0.1) is 0 Å². The van der Waals surface area contributed by atoms with Crippen LogP contribution in [-0.2, 0) is 0 Å². The highest BCUT2D eigenvalue weighted by atomic mass is 35.5. The Labute approximate surface area is 134 Å². The molecular formula is C16H19Cl2NS. The van der Waals surface area contributed by atoms with Crippen molar-refractivity contribution >= 4 is 34.5 Å². The fourth-order valence-electron chi connectivity index (χ4n) is 2.27. The van der Waals surface area contributed by atoms with Crippen LogP contribution >= 0.6 is 34.5 Å². The standard InChI is InChI=1S/C16H19Cl2NS/c1-3-4-14(12-5-7-13(17)8-6-12)19-11(2)15-9-10-16(18)20-15/h5-11,14,19H,3-4H2,1-2H3. The summed E-state index contributed by atoms with van der Waals surface area (Å²) in [5, 5.41) is 4.47.